The molecule has 0 saturated carbocycles. The number of ketones is 1. The second-order valence-corrected chi connectivity index (χ2v) is 7.22. The molecule has 0 saturated heterocycles. The smallest absolute Gasteiger partial charge is 0.406 e. The minimum Gasteiger partial charge on any atom is -0.406 e. The number of anilines is 4. The van der Waals surface area contributed by atoms with Crippen molar-refractivity contribution in [3.05, 3.63) is 77.5 Å². The van der Waals surface area contributed by atoms with Crippen LogP contribution in [0.2, 0.25) is 0 Å². The van der Waals surface area contributed by atoms with Crippen LogP contribution in [0.5, 0.6) is 5.75 Å². The summed E-state index contributed by atoms with van der Waals surface area (Å²) in [6.45, 7) is 5.51. The van der Waals surface area contributed by atoms with Crippen LogP contribution >= 0.6 is 0 Å². The molecule has 0 aliphatic rings. The number of allylic oxidation sites excluding steroid dienone is 2. The van der Waals surface area contributed by atoms with Gasteiger partial charge in [-0.25, -0.2) is 4.98 Å². The number of halogens is 3. The van der Waals surface area contributed by atoms with Gasteiger partial charge in [0.25, 0.3) is 0 Å². The average Bonchev–Trinajstić information content (AvgIpc) is 2.69. The van der Waals surface area contributed by atoms with Crippen LogP contribution in [-0.4, -0.2) is 22.1 Å². The topological polar surface area (TPSA) is 76.1 Å². The van der Waals surface area contributed by atoms with Gasteiger partial charge >= 0.3 is 6.36 Å². The Morgan fingerprint density at radius 3 is 2.41 bits per heavy atom. The zero-order valence-corrected chi connectivity index (χ0v) is 17.6. The summed E-state index contributed by atoms with van der Waals surface area (Å²) in [7, 11) is 0. The highest BCUT2D eigenvalue weighted by molar-refractivity contribution is 6.05. The molecule has 2 aromatic carbocycles. The van der Waals surface area contributed by atoms with Crippen molar-refractivity contribution in [1.29, 1.82) is 0 Å². The summed E-state index contributed by atoms with van der Waals surface area (Å²) in [6, 6.07) is 12.4. The lowest BCUT2D eigenvalue weighted by molar-refractivity contribution is -0.274. The van der Waals surface area contributed by atoms with Crippen molar-refractivity contribution < 1.29 is 22.7 Å². The molecule has 9 heteroatoms. The molecule has 3 rings (SSSR count). The molecule has 1 aromatic heterocycles. The first-order valence-electron chi connectivity index (χ1n) is 9.62. The predicted octanol–water partition coefficient (Wildman–Crippen LogP) is 6.32. The molecule has 166 valence electrons. The van der Waals surface area contributed by atoms with Crippen molar-refractivity contribution in [1.82, 2.24) is 9.97 Å². The molecule has 2 N–H and O–H groups in total. The van der Waals surface area contributed by atoms with Crippen LogP contribution in [0.4, 0.5) is 36.3 Å². The Morgan fingerprint density at radius 1 is 1.03 bits per heavy atom. The Labute approximate surface area is 183 Å². The summed E-state index contributed by atoms with van der Waals surface area (Å²) in [5, 5.41) is 6.02. The Balaban J connectivity index is 1.79. The second-order valence-electron chi connectivity index (χ2n) is 7.22. The number of carbonyl (C=O) groups excluding carboxylic acids is 1. The van der Waals surface area contributed by atoms with Gasteiger partial charge in [-0.05, 0) is 51.1 Å². The minimum atomic E-state index is -4.78. The Hall–Kier alpha value is -3.88. The number of hydrogen-bond acceptors (Lipinski definition) is 6. The first kappa shape index (κ1) is 22.8. The molecule has 0 radical (unpaired) electrons. The molecule has 3 aromatic rings. The van der Waals surface area contributed by atoms with Gasteiger partial charge in [-0.3, -0.25) is 4.79 Å². The Morgan fingerprint density at radius 2 is 1.72 bits per heavy atom. The van der Waals surface area contributed by atoms with Gasteiger partial charge in [-0.15, -0.1) is 13.2 Å². The number of carbonyl (C=O) groups is 1. The van der Waals surface area contributed by atoms with Crippen molar-refractivity contribution in [2.24, 2.45) is 0 Å². The third-order valence-corrected chi connectivity index (χ3v) is 4.13. The molecule has 0 unspecified atom stereocenters. The van der Waals surface area contributed by atoms with E-state index >= 15 is 0 Å². The van der Waals surface area contributed by atoms with Crippen LogP contribution in [0.15, 0.2) is 66.4 Å². The van der Waals surface area contributed by atoms with E-state index in [1.54, 1.807) is 42.6 Å². The molecular formula is C23H21F3N4O2. The van der Waals surface area contributed by atoms with Gasteiger partial charge in [0.05, 0.1) is 0 Å². The van der Waals surface area contributed by atoms with E-state index in [1.165, 1.54) is 18.2 Å². The fraction of sp³-hybridized carbons (Fsp3) is 0.174. The highest BCUT2D eigenvalue weighted by atomic mass is 19.4. The van der Waals surface area contributed by atoms with Crippen molar-refractivity contribution in [2.75, 3.05) is 10.6 Å². The van der Waals surface area contributed by atoms with Gasteiger partial charge in [0.15, 0.2) is 5.78 Å². The lowest BCUT2D eigenvalue weighted by Crippen LogP contribution is -2.17. The summed E-state index contributed by atoms with van der Waals surface area (Å²) in [6.07, 6.45) is -1.64. The van der Waals surface area contributed by atoms with Gasteiger partial charge < -0.3 is 15.4 Å². The quantitative estimate of drug-likeness (QED) is 0.329. The number of hydrogen-bond donors (Lipinski definition) is 2. The lowest BCUT2D eigenvalue weighted by Gasteiger charge is -2.13. The third kappa shape index (κ3) is 6.56. The molecule has 0 aliphatic carbocycles. The molecule has 0 aliphatic heterocycles. The maximum Gasteiger partial charge on any atom is 0.573 e. The molecule has 0 bridgehead atoms. The summed E-state index contributed by atoms with van der Waals surface area (Å²) in [5.41, 5.74) is 3.16. The summed E-state index contributed by atoms with van der Waals surface area (Å²) in [4.78, 5) is 20.8. The maximum absolute atomic E-state index is 12.4. The highest BCUT2D eigenvalue weighted by Crippen LogP contribution is 2.27. The van der Waals surface area contributed by atoms with Crippen LogP contribution in [-0.2, 0) is 0 Å². The standard InChI is InChI=1S/C23H21F3N4O2/c1-14(2)10-20(31)16-6-4-7-17(11-16)28-21-15(3)13-27-22(30-21)29-18-8-5-9-19(12-18)32-23(24,25)26/h4-13H,1-3H3,(H2,27,28,29,30). The summed E-state index contributed by atoms with van der Waals surface area (Å²) >= 11 is 0. The average molecular weight is 442 g/mol. The molecular weight excluding hydrogens is 421 g/mol. The number of nitrogens with one attached hydrogen (secondary N) is 2. The van der Waals surface area contributed by atoms with Gasteiger partial charge in [0.2, 0.25) is 5.95 Å². The molecule has 0 fully saturated rings. The molecule has 0 atom stereocenters. The fourth-order valence-corrected chi connectivity index (χ4v) is 2.76. The van der Waals surface area contributed by atoms with Crippen LogP contribution in [0.1, 0.15) is 29.8 Å². The lowest BCUT2D eigenvalue weighted by atomic mass is 10.1. The number of nitrogens with zero attached hydrogens (tertiary/aromatic N) is 2. The molecule has 0 amide bonds. The largest absolute Gasteiger partial charge is 0.573 e. The molecule has 0 spiro atoms. The Bertz CT molecular complexity index is 1160. The monoisotopic (exact) mass is 442 g/mol. The van der Waals surface area contributed by atoms with E-state index < -0.39 is 6.36 Å². The summed E-state index contributed by atoms with van der Waals surface area (Å²) < 4.78 is 41.3. The van der Waals surface area contributed by atoms with E-state index in [1.807, 2.05) is 20.8 Å². The van der Waals surface area contributed by atoms with E-state index in [4.69, 9.17) is 0 Å². The number of rotatable bonds is 7. The van der Waals surface area contributed by atoms with E-state index in [0.29, 0.717) is 22.8 Å². The van der Waals surface area contributed by atoms with E-state index in [-0.39, 0.29) is 17.5 Å². The SMILES string of the molecule is CC(C)=CC(=O)c1cccc(Nc2nc(Nc3cccc(OC(F)(F)F)c3)ncc2C)c1. The molecule has 1 heterocycles. The van der Waals surface area contributed by atoms with Crippen LogP contribution in [0, 0.1) is 6.92 Å². The fourth-order valence-electron chi connectivity index (χ4n) is 2.76. The van der Waals surface area contributed by atoms with Gasteiger partial charge in [-0.2, -0.15) is 4.98 Å². The zero-order valence-electron chi connectivity index (χ0n) is 17.6. The number of benzene rings is 2. The van der Waals surface area contributed by atoms with Crippen LogP contribution in [0.25, 0.3) is 0 Å². The number of aromatic nitrogens is 2. The summed E-state index contributed by atoms with van der Waals surface area (Å²) in [5.74, 6) is 0.207. The first-order chi connectivity index (χ1) is 15.1. The second kappa shape index (κ2) is 9.51. The minimum absolute atomic E-state index is 0.101. The number of ether oxygens (including phenoxy) is 1. The van der Waals surface area contributed by atoms with E-state index in [0.717, 1.165) is 11.1 Å². The van der Waals surface area contributed by atoms with E-state index in [2.05, 4.69) is 25.3 Å². The highest BCUT2D eigenvalue weighted by Gasteiger charge is 2.31. The normalized spacial score (nSPS) is 10.9. The van der Waals surface area contributed by atoms with Crippen molar-refractivity contribution in [2.45, 2.75) is 27.1 Å². The van der Waals surface area contributed by atoms with Crippen LogP contribution < -0.4 is 15.4 Å². The third-order valence-electron chi connectivity index (χ3n) is 4.13. The van der Waals surface area contributed by atoms with Gasteiger partial charge in [0, 0.05) is 34.8 Å². The predicted molar refractivity (Wildman–Crippen MR) is 117 cm³/mol. The van der Waals surface area contributed by atoms with Crippen molar-refractivity contribution in [3.8, 4) is 5.75 Å². The maximum atomic E-state index is 12.4. The van der Waals surface area contributed by atoms with Crippen molar-refractivity contribution in [3.63, 3.8) is 0 Å². The van der Waals surface area contributed by atoms with Crippen molar-refractivity contribution >= 4 is 28.9 Å². The Kier molecular flexibility index (Phi) is 6.77. The number of alkyl halides is 3. The van der Waals surface area contributed by atoms with E-state index in [9.17, 15) is 18.0 Å². The van der Waals surface area contributed by atoms with Gasteiger partial charge in [-0.1, -0.05) is 23.8 Å². The molecule has 6 nitrogen and oxygen atoms in total. The zero-order chi connectivity index (χ0) is 23.3. The first-order valence-corrected chi connectivity index (χ1v) is 9.62. The van der Waals surface area contributed by atoms with Crippen LogP contribution in [0.3, 0.4) is 0 Å². The molecule has 32 heavy (non-hydrogen) atoms. The van der Waals surface area contributed by atoms with Gasteiger partial charge in [0.1, 0.15) is 11.6 Å². The number of aryl methyl sites for hydroxylation is 1.